The van der Waals surface area contributed by atoms with Gasteiger partial charge in [0.05, 0.1) is 30.5 Å². The molecule has 4 heterocycles. The maximum absolute atomic E-state index is 15.4. The number of anilines is 1. The quantitative estimate of drug-likeness (QED) is 0.508. The normalized spacial score (nSPS) is 20.7. The van der Waals surface area contributed by atoms with E-state index in [1.54, 1.807) is 16.7 Å². The molecule has 2 aliphatic rings. The van der Waals surface area contributed by atoms with Crippen LogP contribution in [0.15, 0.2) is 37.1 Å². The highest BCUT2D eigenvalue weighted by Crippen LogP contribution is 2.35. The summed E-state index contributed by atoms with van der Waals surface area (Å²) in [6.45, 7) is 2.02. The third kappa shape index (κ3) is 4.80. The first-order valence-corrected chi connectivity index (χ1v) is 11.2. The number of amides is 1. The number of carbonyl (C=O) groups is 1. The van der Waals surface area contributed by atoms with Gasteiger partial charge >= 0.3 is 6.18 Å². The Kier molecular flexibility index (Phi) is 5.85. The largest absolute Gasteiger partial charge is 0.417 e. The van der Waals surface area contributed by atoms with Gasteiger partial charge in [-0.1, -0.05) is 0 Å². The minimum absolute atomic E-state index is 0.0686. The molecule has 1 aliphatic heterocycles. The van der Waals surface area contributed by atoms with E-state index in [1.165, 1.54) is 29.5 Å². The molecule has 2 atom stereocenters. The van der Waals surface area contributed by atoms with Gasteiger partial charge in [-0.25, -0.2) is 29.0 Å². The summed E-state index contributed by atoms with van der Waals surface area (Å²) in [5, 5.41) is 4.15. The molecule has 0 spiro atoms. The average molecular weight is 490 g/mol. The number of nitrogens with zero attached hydrogens (tertiary/aromatic N) is 8. The molecular weight excluding hydrogens is 468 g/mol. The number of pyridine rings is 1. The second kappa shape index (κ2) is 8.86. The number of halogens is 4. The molecule has 1 aliphatic carbocycles. The number of carbonyl (C=O) groups excluding carboxylic acids is 1. The predicted molar refractivity (Wildman–Crippen MR) is 116 cm³/mol. The van der Waals surface area contributed by atoms with E-state index < -0.39 is 29.9 Å². The number of piperidine rings is 1. The number of hydrogen-bond donors (Lipinski definition) is 0. The molecule has 1 amide bonds. The van der Waals surface area contributed by atoms with Gasteiger partial charge in [0.1, 0.15) is 29.8 Å². The van der Waals surface area contributed by atoms with Crippen LogP contribution < -0.4 is 4.90 Å². The molecule has 5 rings (SSSR count). The van der Waals surface area contributed by atoms with E-state index in [9.17, 15) is 18.0 Å². The Balaban J connectivity index is 1.29. The zero-order chi connectivity index (χ0) is 24.7. The summed E-state index contributed by atoms with van der Waals surface area (Å²) in [6.07, 6.45) is 0.991. The first-order chi connectivity index (χ1) is 16.7. The molecule has 3 aromatic rings. The number of aryl methyl sites for hydroxylation is 1. The van der Waals surface area contributed by atoms with Crippen LogP contribution in [0.4, 0.5) is 23.4 Å². The summed E-state index contributed by atoms with van der Waals surface area (Å²) in [4.78, 5) is 32.8. The number of hydrogen-bond acceptors (Lipinski definition) is 7. The monoisotopic (exact) mass is 490 g/mol. The van der Waals surface area contributed by atoms with Gasteiger partial charge in [-0.3, -0.25) is 4.79 Å². The summed E-state index contributed by atoms with van der Waals surface area (Å²) in [5.41, 5.74) is -0.749. The van der Waals surface area contributed by atoms with Crippen molar-refractivity contribution in [3.05, 3.63) is 54.1 Å². The van der Waals surface area contributed by atoms with Crippen LogP contribution in [0, 0.1) is 6.92 Å². The van der Waals surface area contributed by atoms with E-state index in [2.05, 4.69) is 25.0 Å². The Labute approximate surface area is 197 Å². The zero-order valence-electron chi connectivity index (χ0n) is 18.7. The first-order valence-electron chi connectivity index (χ1n) is 11.2. The van der Waals surface area contributed by atoms with Crippen LogP contribution in [0.2, 0.25) is 0 Å². The average Bonchev–Trinajstić information content (AvgIpc) is 3.58. The third-order valence-corrected chi connectivity index (χ3v) is 6.14. The van der Waals surface area contributed by atoms with Crippen molar-refractivity contribution >= 4 is 11.7 Å². The Bertz CT molecular complexity index is 1190. The molecule has 2 fully saturated rings. The maximum Gasteiger partial charge on any atom is 0.417 e. The van der Waals surface area contributed by atoms with Crippen LogP contribution in [0.25, 0.3) is 5.82 Å². The topological polar surface area (TPSA) is 92.9 Å². The summed E-state index contributed by atoms with van der Waals surface area (Å²) < 4.78 is 55.2. The highest BCUT2D eigenvalue weighted by atomic mass is 19.4. The fourth-order valence-electron chi connectivity index (χ4n) is 4.23. The molecule has 184 valence electrons. The molecule has 1 saturated carbocycles. The molecule has 35 heavy (non-hydrogen) atoms. The second-order valence-electron chi connectivity index (χ2n) is 8.66. The van der Waals surface area contributed by atoms with Crippen molar-refractivity contribution in [3.8, 4) is 5.82 Å². The van der Waals surface area contributed by atoms with E-state index in [1.807, 2.05) is 0 Å². The smallest absolute Gasteiger partial charge is 0.354 e. The molecule has 3 aromatic heterocycles. The molecule has 0 bridgehead atoms. The lowest BCUT2D eigenvalue weighted by atomic mass is 10.00. The van der Waals surface area contributed by atoms with Crippen LogP contribution >= 0.6 is 0 Å². The van der Waals surface area contributed by atoms with Gasteiger partial charge < -0.3 is 9.80 Å². The maximum atomic E-state index is 15.4. The Hall–Kier alpha value is -3.64. The molecule has 1 saturated heterocycles. The van der Waals surface area contributed by atoms with E-state index in [0.29, 0.717) is 24.6 Å². The van der Waals surface area contributed by atoms with Gasteiger partial charge in [0, 0.05) is 18.8 Å². The van der Waals surface area contributed by atoms with E-state index >= 15 is 4.39 Å². The molecule has 9 nitrogen and oxygen atoms in total. The first kappa shape index (κ1) is 23.1. The number of rotatable bonds is 5. The fourth-order valence-corrected chi connectivity index (χ4v) is 4.23. The van der Waals surface area contributed by atoms with Crippen molar-refractivity contribution in [2.75, 3.05) is 18.0 Å². The summed E-state index contributed by atoms with van der Waals surface area (Å²) >= 11 is 0. The van der Waals surface area contributed by atoms with E-state index in [-0.39, 0.29) is 24.1 Å². The van der Waals surface area contributed by atoms with Gasteiger partial charge in [0.25, 0.3) is 5.91 Å². The molecular formula is C22H22F4N8O. The Morgan fingerprint density at radius 3 is 2.34 bits per heavy atom. The van der Waals surface area contributed by atoms with Crippen molar-refractivity contribution < 1.29 is 22.4 Å². The highest BCUT2D eigenvalue weighted by Gasteiger charge is 2.44. The van der Waals surface area contributed by atoms with Crippen molar-refractivity contribution in [3.63, 3.8) is 0 Å². The van der Waals surface area contributed by atoms with Gasteiger partial charge in [0.15, 0.2) is 5.82 Å². The molecule has 0 aromatic carbocycles. The zero-order valence-corrected chi connectivity index (χ0v) is 18.7. The predicted octanol–water partition coefficient (Wildman–Crippen LogP) is 3.00. The lowest BCUT2D eigenvalue weighted by Crippen LogP contribution is -2.55. The van der Waals surface area contributed by atoms with Crippen LogP contribution in [0.1, 0.15) is 41.1 Å². The minimum Gasteiger partial charge on any atom is -0.354 e. The van der Waals surface area contributed by atoms with Crippen molar-refractivity contribution in [2.45, 2.75) is 50.6 Å². The lowest BCUT2D eigenvalue weighted by Gasteiger charge is -2.41. The summed E-state index contributed by atoms with van der Waals surface area (Å²) in [7, 11) is 0. The van der Waals surface area contributed by atoms with Crippen LogP contribution in [0.5, 0.6) is 0 Å². The summed E-state index contributed by atoms with van der Waals surface area (Å²) in [6, 6.07) is 1.44. The Morgan fingerprint density at radius 1 is 1.03 bits per heavy atom. The standard InChI is InChI=1S/C22H22F4N8O/c1-13-30-12-33(31-13)20-10-27-17(9-29-20)21(35)34(15-3-4-15)18-6-7-32(11-16(18)23)19-5-2-14(8-28-19)22(24,25)26/h2,5,8-10,12,15-16,18H,3-4,6-7,11H2,1H3/t16-,18+/m1/s1. The van der Waals surface area contributed by atoms with Crippen molar-refractivity contribution in [2.24, 2.45) is 0 Å². The van der Waals surface area contributed by atoms with Crippen LogP contribution in [-0.4, -0.2) is 71.9 Å². The Morgan fingerprint density at radius 2 is 1.80 bits per heavy atom. The third-order valence-electron chi connectivity index (χ3n) is 6.14. The van der Waals surface area contributed by atoms with Crippen LogP contribution in [0.3, 0.4) is 0 Å². The number of alkyl halides is 4. The highest BCUT2D eigenvalue weighted by molar-refractivity contribution is 5.92. The SMILES string of the molecule is Cc1ncn(-c2cnc(C(=O)N(C3CC3)[C@H]3CCN(c4ccc(C(F)(F)F)cn4)C[C@H]3F)cn2)n1. The van der Waals surface area contributed by atoms with Gasteiger partial charge in [-0.05, 0) is 38.3 Å². The van der Waals surface area contributed by atoms with E-state index in [4.69, 9.17) is 0 Å². The van der Waals surface area contributed by atoms with Crippen molar-refractivity contribution in [1.29, 1.82) is 0 Å². The fraction of sp³-hybridized carbons (Fsp3) is 0.455. The summed E-state index contributed by atoms with van der Waals surface area (Å²) in [5.74, 6) is 0.850. The minimum atomic E-state index is -4.48. The lowest BCUT2D eigenvalue weighted by molar-refractivity contribution is -0.137. The van der Waals surface area contributed by atoms with Gasteiger partial charge in [0.2, 0.25) is 0 Å². The molecule has 13 heteroatoms. The molecule has 0 unspecified atom stereocenters. The van der Waals surface area contributed by atoms with Gasteiger partial charge in [-0.15, -0.1) is 0 Å². The number of aromatic nitrogens is 6. The van der Waals surface area contributed by atoms with E-state index in [0.717, 1.165) is 25.1 Å². The molecule has 0 radical (unpaired) electrons. The molecule has 0 N–H and O–H groups in total. The van der Waals surface area contributed by atoms with Crippen LogP contribution in [-0.2, 0) is 6.18 Å². The van der Waals surface area contributed by atoms with Crippen molar-refractivity contribution in [1.82, 2.24) is 34.6 Å². The second-order valence-corrected chi connectivity index (χ2v) is 8.66. The van der Waals surface area contributed by atoms with Gasteiger partial charge in [-0.2, -0.15) is 18.3 Å².